The molecule has 32 heavy (non-hydrogen) atoms. The number of rotatable bonds is 5. The number of thiophene rings is 1. The summed E-state index contributed by atoms with van der Waals surface area (Å²) in [5.41, 5.74) is 3.58. The zero-order valence-electron chi connectivity index (χ0n) is 17.9. The second kappa shape index (κ2) is 9.50. The lowest BCUT2D eigenvalue weighted by molar-refractivity contribution is -0.129. The van der Waals surface area contributed by atoms with Crippen molar-refractivity contribution in [2.75, 3.05) is 31.9 Å². The molecule has 2 amide bonds. The van der Waals surface area contributed by atoms with Crippen LogP contribution in [0.3, 0.4) is 0 Å². The van der Waals surface area contributed by atoms with Crippen LogP contribution in [0.25, 0.3) is 5.69 Å². The topological polar surface area (TPSA) is 58.4 Å². The highest BCUT2D eigenvalue weighted by molar-refractivity contribution is 7.99. The molecule has 1 fully saturated rings. The Balaban J connectivity index is 1.23. The standard InChI is InChI=1S/C24H26N4O2S2/c29-22(26-12-14-27(15-13-26)23(30)21-11-6-16-31-21)17-32-24-25-19-9-4-5-10-20(19)28(24)18-7-2-1-3-8-18/h1-3,6-8,11,16H,4-5,9-10,12-15,17H2. The molecule has 1 aromatic carbocycles. The van der Waals surface area contributed by atoms with E-state index in [1.807, 2.05) is 45.5 Å². The van der Waals surface area contributed by atoms with Gasteiger partial charge in [0.15, 0.2) is 5.16 Å². The van der Waals surface area contributed by atoms with Crippen molar-refractivity contribution in [3.05, 3.63) is 64.1 Å². The van der Waals surface area contributed by atoms with E-state index in [1.54, 1.807) is 0 Å². The van der Waals surface area contributed by atoms with Gasteiger partial charge in [-0.2, -0.15) is 0 Å². The molecular weight excluding hydrogens is 440 g/mol. The monoisotopic (exact) mass is 466 g/mol. The van der Waals surface area contributed by atoms with E-state index in [-0.39, 0.29) is 11.8 Å². The lowest BCUT2D eigenvalue weighted by Crippen LogP contribution is -2.51. The molecule has 2 aromatic heterocycles. The lowest BCUT2D eigenvalue weighted by Gasteiger charge is -2.34. The van der Waals surface area contributed by atoms with Crippen molar-refractivity contribution >= 4 is 34.9 Å². The Labute approximate surface area is 196 Å². The Morgan fingerprint density at radius 2 is 1.69 bits per heavy atom. The van der Waals surface area contributed by atoms with Gasteiger partial charge in [-0.3, -0.25) is 14.2 Å². The number of imidazole rings is 1. The number of carbonyl (C=O) groups is 2. The second-order valence-electron chi connectivity index (χ2n) is 8.10. The van der Waals surface area contributed by atoms with Crippen LogP contribution in [-0.2, 0) is 17.6 Å². The quantitative estimate of drug-likeness (QED) is 0.536. The van der Waals surface area contributed by atoms with Gasteiger partial charge in [0.25, 0.3) is 5.91 Å². The zero-order valence-corrected chi connectivity index (χ0v) is 19.5. The van der Waals surface area contributed by atoms with Gasteiger partial charge in [0.1, 0.15) is 0 Å². The molecule has 1 aliphatic heterocycles. The van der Waals surface area contributed by atoms with Gasteiger partial charge in [0, 0.05) is 37.6 Å². The highest BCUT2D eigenvalue weighted by Crippen LogP contribution is 2.30. The molecule has 1 saturated heterocycles. The Bertz CT molecular complexity index is 1090. The van der Waals surface area contributed by atoms with Crippen molar-refractivity contribution < 1.29 is 9.59 Å². The number of nitrogens with zero attached hydrogens (tertiary/aromatic N) is 4. The summed E-state index contributed by atoms with van der Waals surface area (Å²) in [5.74, 6) is 0.539. The number of benzene rings is 1. The molecule has 0 spiro atoms. The van der Waals surface area contributed by atoms with Crippen LogP contribution in [0.4, 0.5) is 0 Å². The van der Waals surface area contributed by atoms with Gasteiger partial charge >= 0.3 is 0 Å². The van der Waals surface area contributed by atoms with Gasteiger partial charge in [0.05, 0.1) is 16.3 Å². The van der Waals surface area contributed by atoms with Crippen LogP contribution >= 0.6 is 23.1 Å². The first-order chi connectivity index (χ1) is 15.7. The van der Waals surface area contributed by atoms with Crippen LogP contribution in [0.5, 0.6) is 0 Å². The summed E-state index contributed by atoms with van der Waals surface area (Å²) in [5, 5.41) is 2.82. The molecule has 3 heterocycles. The first kappa shape index (κ1) is 21.3. The SMILES string of the molecule is O=C(CSc1nc2c(n1-c1ccccc1)CCCC2)N1CCN(C(=O)c2cccs2)CC1. The van der Waals surface area contributed by atoms with Gasteiger partial charge in [0.2, 0.25) is 5.91 Å². The molecule has 0 N–H and O–H groups in total. The van der Waals surface area contributed by atoms with E-state index in [0.717, 1.165) is 28.6 Å². The summed E-state index contributed by atoms with van der Waals surface area (Å²) < 4.78 is 2.24. The molecular formula is C24H26N4O2S2. The molecule has 0 radical (unpaired) electrons. The summed E-state index contributed by atoms with van der Waals surface area (Å²) >= 11 is 2.99. The zero-order chi connectivity index (χ0) is 21.9. The Morgan fingerprint density at radius 3 is 2.44 bits per heavy atom. The minimum atomic E-state index is 0.0666. The smallest absolute Gasteiger partial charge is 0.264 e. The van der Waals surface area contributed by atoms with Crippen LogP contribution in [0.1, 0.15) is 33.9 Å². The fourth-order valence-corrected chi connectivity index (χ4v) is 6.03. The molecule has 1 aliphatic carbocycles. The minimum Gasteiger partial charge on any atom is -0.338 e. The van der Waals surface area contributed by atoms with E-state index >= 15 is 0 Å². The van der Waals surface area contributed by atoms with Crippen molar-refractivity contribution in [2.24, 2.45) is 0 Å². The number of para-hydroxylation sites is 1. The van der Waals surface area contributed by atoms with E-state index in [2.05, 4.69) is 16.7 Å². The van der Waals surface area contributed by atoms with E-state index in [1.165, 1.54) is 47.3 Å². The molecule has 8 heteroatoms. The summed E-state index contributed by atoms with van der Waals surface area (Å²) in [6.45, 7) is 2.33. The van der Waals surface area contributed by atoms with E-state index in [9.17, 15) is 9.59 Å². The van der Waals surface area contributed by atoms with Gasteiger partial charge in [-0.25, -0.2) is 4.98 Å². The number of thioether (sulfide) groups is 1. The normalized spacial score (nSPS) is 16.1. The number of piperazine rings is 1. The maximum atomic E-state index is 12.9. The van der Waals surface area contributed by atoms with Gasteiger partial charge < -0.3 is 9.80 Å². The Morgan fingerprint density at radius 1 is 0.938 bits per heavy atom. The number of fused-ring (bicyclic) bond motifs is 1. The van der Waals surface area contributed by atoms with E-state index in [4.69, 9.17) is 4.98 Å². The van der Waals surface area contributed by atoms with Crippen molar-refractivity contribution in [3.8, 4) is 5.69 Å². The molecule has 5 rings (SSSR count). The molecule has 3 aromatic rings. The summed E-state index contributed by atoms with van der Waals surface area (Å²) in [4.78, 5) is 34.9. The van der Waals surface area contributed by atoms with Gasteiger partial charge in [-0.05, 0) is 49.3 Å². The third-order valence-electron chi connectivity index (χ3n) is 6.09. The highest BCUT2D eigenvalue weighted by atomic mass is 32.2. The average Bonchev–Trinajstić information content (AvgIpc) is 3.51. The molecule has 6 nitrogen and oxygen atoms in total. The van der Waals surface area contributed by atoms with Crippen molar-refractivity contribution in [1.82, 2.24) is 19.4 Å². The Kier molecular flexibility index (Phi) is 6.32. The highest BCUT2D eigenvalue weighted by Gasteiger charge is 2.26. The number of amides is 2. The third-order valence-corrected chi connectivity index (χ3v) is 7.87. The Hall–Kier alpha value is -2.58. The molecule has 0 unspecified atom stereocenters. The number of aryl methyl sites for hydroxylation is 1. The van der Waals surface area contributed by atoms with Crippen molar-refractivity contribution in [2.45, 2.75) is 30.8 Å². The molecule has 0 atom stereocenters. The fourth-order valence-electron chi connectivity index (χ4n) is 4.39. The van der Waals surface area contributed by atoms with Crippen LogP contribution < -0.4 is 0 Å². The van der Waals surface area contributed by atoms with Crippen LogP contribution in [-0.4, -0.2) is 63.1 Å². The molecule has 0 saturated carbocycles. The van der Waals surface area contributed by atoms with Crippen molar-refractivity contribution in [1.29, 1.82) is 0 Å². The second-order valence-corrected chi connectivity index (χ2v) is 9.99. The molecule has 0 bridgehead atoms. The molecule has 2 aliphatic rings. The maximum absolute atomic E-state index is 12.9. The number of hydrogen-bond acceptors (Lipinski definition) is 5. The third kappa shape index (κ3) is 4.34. The summed E-state index contributed by atoms with van der Waals surface area (Å²) in [6, 6.07) is 14.1. The summed E-state index contributed by atoms with van der Waals surface area (Å²) in [7, 11) is 0. The molecule has 166 valence electrons. The van der Waals surface area contributed by atoms with E-state index in [0.29, 0.717) is 31.9 Å². The number of carbonyl (C=O) groups excluding carboxylic acids is 2. The average molecular weight is 467 g/mol. The van der Waals surface area contributed by atoms with Crippen LogP contribution in [0.2, 0.25) is 0 Å². The largest absolute Gasteiger partial charge is 0.338 e. The van der Waals surface area contributed by atoms with Gasteiger partial charge in [-0.15, -0.1) is 11.3 Å². The predicted octanol–water partition coefficient (Wildman–Crippen LogP) is 3.89. The fraction of sp³-hybridized carbons (Fsp3) is 0.375. The van der Waals surface area contributed by atoms with Crippen molar-refractivity contribution in [3.63, 3.8) is 0 Å². The summed E-state index contributed by atoms with van der Waals surface area (Å²) in [6.07, 6.45) is 4.40. The lowest BCUT2D eigenvalue weighted by atomic mass is 10.0. The minimum absolute atomic E-state index is 0.0666. The number of hydrogen-bond donors (Lipinski definition) is 0. The van der Waals surface area contributed by atoms with Crippen LogP contribution in [0, 0.1) is 0 Å². The maximum Gasteiger partial charge on any atom is 0.264 e. The van der Waals surface area contributed by atoms with Gasteiger partial charge in [-0.1, -0.05) is 36.0 Å². The van der Waals surface area contributed by atoms with E-state index < -0.39 is 0 Å². The van der Waals surface area contributed by atoms with Crippen LogP contribution in [0.15, 0.2) is 53.0 Å². The number of aromatic nitrogens is 2. The first-order valence-corrected chi connectivity index (χ1v) is 13.0. The first-order valence-electron chi connectivity index (χ1n) is 11.1. The predicted molar refractivity (Wildman–Crippen MR) is 128 cm³/mol.